The molecule has 3 rings (SSSR count). The van der Waals surface area contributed by atoms with Crippen LogP contribution in [0.1, 0.15) is 16.7 Å². The van der Waals surface area contributed by atoms with Crippen LogP contribution in [0, 0.1) is 5.82 Å². The SMILES string of the molecule is NC(=O)[C@H]1Cc2ccccc2CN1CC(=O)NCc1ccc(F)cc1. The quantitative estimate of drug-likeness (QED) is 0.862. The Kier molecular flexibility index (Phi) is 5.09. The maximum atomic E-state index is 12.9. The van der Waals surface area contributed by atoms with Crippen molar-refractivity contribution in [3.8, 4) is 0 Å². The Bertz CT molecular complexity index is 776. The number of fused-ring (bicyclic) bond motifs is 1. The van der Waals surface area contributed by atoms with Gasteiger partial charge in [0.1, 0.15) is 5.82 Å². The monoisotopic (exact) mass is 341 g/mol. The number of carbonyl (C=O) groups is 2. The van der Waals surface area contributed by atoms with Crippen LogP contribution in [0.25, 0.3) is 0 Å². The van der Waals surface area contributed by atoms with Crippen LogP contribution in [0.5, 0.6) is 0 Å². The largest absolute Gasteiger partial charge is 0.368 e. The van der Waals surface area contributed by atoms with Crippen LogP contribution in [-0.2, 0) is 29.1 Å². The molecule has 3 N–H and O–H groups in total. The first-order valence-electron chi connectivity index (χ1n) is 8.14. The number of hydrogen-bond donors (Lipinski definition) is 2. The Morgan fingerprint density at radius 2 is 1.80 bits per heavy atom. The number of primary amides is 1. The van der Waals surface area contributed by atoms with Gasteiger partial charge in [0.05, 0.1) is 12.6 Å². The lowest BCUT2D eigenvalue weighted by Gasteiger charge is -2.34. The second-order valence-electron chi connectivity index (χ2n) is 6.20. The molecule has 5 nitrogen and oxygen atoms in total. The van der Waals surface area contributed by atoms with Gasteiger partial charge in [-0.1, -0.05) is 36.4 Å². The number of carbonyl (C=O) groups excluding carboxylic acids is 2. The van der Waals surface area contributed by atoms with Gasteiger partial charge in [-0.05, 0) is 35.2 Å². The van der Waals surface area contributed by atoms with Crippen molar-refractivity contribution in [3.63, 3.8) is 0 Å². The summed E-state index contributed by atoms with van der Waals surface area (Å²) in [7, 11) is 0. The molecule has 1 heterocycles. The lowest BCUT2D eigenvalue weighted by atomic mass is 9.93. The minimum absolute atomic E-state index is 0.0864. The summed E-state index contributed by atoms with van der Waals surface area (Å²) in [5, 5.41) is 2.79. The summed E-state index contributed by atoms with van der Waals surface area (Å²) >= 11 is 0. The zero-order valence-electron chi connectivity index (χ0n) is 13.7. The molecule has 0 bridgehead atoms. The zero-order chi connectivity index (χ0) is 17.8. The lowest BCUT2D eigenvalue weighted by Crippen LogP contribution is -2.51. The molecule has 0 radical (unpaired) electrons. The molecule has 0 saturated carbocycles. The van der Waals surface area contributed by atoms with Gasteiger partial charge in [-0.3, -0.25) is 14.5 Å². The number of nitrogens with zero attached hydrogens (tertiary/aromatic N) is 1. The number of rotatable bonds is 5. The van der Waals surface area contributed by atoms with Crippen molar-refractivity contribution in [2.75, 3.05) is 6.54 Å². The van der Waals surface area contributed by atoms with Crippen molar-refractivity contribution in [1.82, 2.24) is 10.2 Å². The first kappa shape index (κ1) is 17.1. The van der Waals surface area contributed by atoms with Gasteiger partial charge in [0.2, 0.25) is 11.8 Å². The summed E-state index contributed by atoms with van der Waals surface area (Å²) in [6, 6.07) is 13.3. The van der Waals surface area contributed by atoms with Crippen molar-refractivity contribution in [1.29, 1.82) is 0 Å². The number of amides is 2. The first-order chi connectivity index (χ1) is 12.0. The Hall–Kier alpha value is -2.73. The van der Waals surface area contributed by atoms with Crippen LogP contribution in [-0.4, -0.2) is 29.3 Å². The highest BCUT2D eigenvalue weighted by atomic mass is 19.1. The molecule has 6 heteroatoms. The second kappa shape index (κ2) is 7.44. The molecule has 1 atom stereocenters. The van der Waals surface area contributed by atoms with Gasteiger partial charge in [0.15, 0.2) is 0 Å². The van der Waals surface area contributed by atoms with Crippen LogP contribution in [0.3, 0.4) is 0 Å². The third-order valence-corrected chi connectivity index (χ3v) is 4.42. The maximum absolute atomic E-state index is 12.9. The van der Waals surface area contributed by atoms with Crippen LogP contribution in [0.2, 0.25) is 0 Å². The Morgan fingerprint density at radius 1 is 1.12 bits per heavy atom. The fourth-order valence-electron chi connectivity index (χ4n) is 3.07. The zero-order valence-corrected chi connectivity index (χ0v) is 13.7. The number of halogens is 1. The maximum Gasteiger partial charge on any atom is 0.235 e. The molecular weight excluding hydrogens is 321 g/mol. The summed E-state index contributed by atoms with van der Waals surface area (Å²) < 4.78 is 12.9. The average Bonchev–Trinajstić information content (AvgIpc) is 2.60. The van der Waals surface area contributed by atoms with E-state index < -0.39 is 11.9 Å². The number of hydrogen-bond acceptors (Lipinski definition) is 3. The highest BCUT2D eigenvalue weighted by Crippen LogP contribution is 2.22. The Morgan fingerprint density at radius 3 is 2.48 bits per heavy atom. The van der Waals surface area contributed by atoms with E-state index in [1.807, 2.05) is 24.3 Å². The van der Waals surface area contributed by atoms with Gasteiger partial charge in [-0.2, -0.15) is 0 Å². The topological polar surface area (TPSA) is 75.4 Å². The molecule has 2 aromatic carbocycles. The number of nitrogens with one attached hydrogen (secondary N) is 1. The van der Waals surface area contributed by atoms with Crippen LogP contribution >= 0.6 is 0 Å². The van der Waals surface area contributed by atoms with Crippen LogP contribution in [0.4, 0.5) is 4.39 Å². The van der Waals surface area contributed by atoms with E-state index in [4.69, 9.17) is 5.73 Å². The van der Waals surface area contributed by atoms with Crippen molar-refractivity contribution in [2.45, 2.75) is 25.6 Å². The Balaban J connectivity index is 1.62. The smallest absolute Gasteiger partial charge is 0.235 e. The third-order valence-electron chi connectivity index (χ3n) is 4.42. The summed E-state index contributed by atoms with van der Waals surface area (Å²) in [5.74, 6) is -0.942. The van der Waals surface area contributed by atoms with E-state index in [0.29, 0.717) is 19.5 Å². The van der Waals surface area contributed by atoms with E-state index in [9.17, 15) is 14.0 Å². The highest BCUT2D eigenvalue weighted by molar-refractivity contribution is 5.83. The first-order valence-corrected chi connectivity index (χ1v) is 8.14. The van der Waals surface area contributed by atoms with Crippen LogP contribution < -0.4 is 11.1 Å². The van der Waals surface area contributed by atoms with E-state index in [0.717, 1.165) is 16.7 Å². The molecule has 0 saturated heterocycles. The molecule has 0 aromatic heterocycles. The van der Waals surface area contributed by atoms with Gasteiger partial charge >= 0.3 is 0 Å². The number of nitrogens with two attached hydrogens (primary N) is 1. The predicted molar refractivity (Wildman–Crippen MR) is 91.8 cm³/mol. The van der Waals surface area contributed by atoms with Gasteiger partial charge in [0.25, 0.3) is 0 Å². The minimum Gasteiger partial charge on any atom is -0.368 e. The molecule has 0 spiro atoms. The summed E-state index contributed by atoms with van der Waals surface area (Å²) in [5.41, 5.74) is 8.53. The summed E-state index contributed by atoms with van der Waals surface area (Å²) in [4.78, 5) is 25.8. The average molecular weight is 341 g/mol. The standard InChI is InChI=1S/C19H20FN3O2/c20-16-7-5-13(6-8-16)10-22-18(24)12-23-11-15-4-2-1-3-14(15)9-17(23)19(21)25/h1-8,17H,9-12H2,(H2,21,25)(H,22,24)/t17-/m1/s1. The molecule has 25 heavy (non-hydrogen) atoms. The van der Waals surface area contributed by atoms with Crippen molar-refractivity contribution >= 4 is 11.8 Å². The fourth-order valence-corrected chi connectivity index (χ4v) is 3.07. The molecule has 0 fully saturated rings. The molecule has 0 unspecified atom stereocenters. The van der Waals surface area contributed by atoms with Gasteiger partial charge in [0, 0.05) is 13.1 Å². The normalized spacial score (nSPS) is 16.9. The summed E-state index contributed by atoms with van der Waals surface area (Å²) in [6.07, 6.45) is 0.511. The van der Waals surface area contributed by atoms with Crippen molar-refractivity contribution in [3.05, 3.63) is 71.0 Å². The van der Waals surface area contributed by atoms with E-state index in [1.54, 1.807) is 17.0 Å². The second-order valence-corrected chi connectivity index (χ2v) is 6.20. The van der Waals surface area contributed by atoms with E-state index in [-0.39, 0.29) is 18.3 Å². The van der Waals surface area contributed by atoms with Gasteiger partial charge < -0.3 is 11.1 Å². The predicted octanol–water partition coefficient (Wildman–Crippen LogP) is 1.35. The highest BCUT2D eigenvalue weighted by Gasteiger charge is 2.31. The molecule has 130 valence electrons. The lowest BCUT2D eigenvalue weighted by molar-refractivity contribution is -0.127. The molecule has 2 aromatic rings. The third kappa shape index (κ3) is 4.22. The van der Waals surface area contributed by atoms with E-state index >= 15 is 0 Å². The van der Waals surface area contributed by atoms with Crippen LogP contribution in [0.15, 0.2) is 48.5 Å². The Labute approximate surface area is 145 Å². The molecular formula is C19H20FN3O2. The van der Waals surface area contributed by atoms with E-state index in [1.165, 1.54) is 12.1 Å². The van der Waals surface area contributed by atoms with Crippen molar-refractivity contribution in [2.24, 2.45) is 5.73 Å². The number of benzene rings is 2. The van der Waals surface area contributed by atoms with Gasteiger partial charge in [-0.25, -0.2) is 4.39 Å². The van der Waals surface area contributed by atoms with E-state index in [2.05, 4.69) is 5.32 Å². The minimum atomic E-state index is -0.494. The molecule has 1 aliphatic heterocycles. The summed E-state index contributed by atoms with van der Waals surface area (Å²) in [6.45, 7) is 0.904. The fraction of sp³-hybridized carbons (Fsp3) is 0.263. The molecule has 1 aliphatic rings. The molecule has 2 amide bonds. The van der Waals surface area contributed by atoms with Gasteiger partial charge in [-0.15, -0.1) is 0 Å². The molecule has 0 aliphatic carbocycles. The van der Waals surface area contributed by atoms with Crippen molar-refractivity contribution < 1.29 is 14.0 Å².